The number of aliphatic hydroxyl groups excluding tert-OH is 1. The highest BCUT2D eigenvalue weighted by Crippen LogP contribution is 2.44. The monoisotopic (exact) mass is 558 g/mol. The van der Waals surface area contributed by atoms with Gasteiger partial charge in [0.05, 0.1) is 23.2 Å². The van der Waals surface area contributed by atoms with E-state index in [0.29, 0.717) is 35.1 Å². The van der Waals surface area contributed by atoms with Crippen LogP contribution in [-0.2, 0) is 16.0 Å². The lowest BCUT2D eigenvalue weighted by Gasteiger charge is -2.28. The van der Waals surface area contributed by atoms with Crippen LogP contribution in [0.4, 0.5) is 0 Å². The van der Waals surface area contributed by atoms with Crippen LogP contribution in [0.15, 0.2) is 40.4 Å². The number of nitrogens with zero attached hydrogens (tertiary/aromatic N) is 2. The Labute approximate surface area is 219 Å². The molecule has 0 bridgehead atoms. The molecule has 0 aliphatic carbocycles. The predicted octanol–water partition coefficient (Wildman–Crippen LogP) is 4.25. The number of hydrogen-bond acceptors (Lipinski definition) is 7. The van der Waals surface area contributed by atoms with Gasteiger partial charge in [0.25, 0.3) is 11.7 Å². The third-order valence-corrected chi connectivity index (χ3v) is 7.45. The molecule has 36 heavy (non-hydrogen) atoms. The summed E-state index contributed by atoms with van der Waals surface area (Å²) in [5.41, 5.74) is 1.93. The van der Waals surface area contributed by atoms with Gasteiger partial charge in [-0.05, 0) is 77.4 Å². The third-order valence-electron chi connectivity index (χ3n) is 6.85. The highest BCUT2D eigenvalue weighted by atomic mass is 79.9. The number of Topliss-reactive ketones (excluding diaryl/α,β-unsaturated/α-hetero) is 1. The standard InChI is InChI=1S/C27H31BrN2O6/c1-5-29(6-2)9-10-30-23(18-13-19(28)25(32)21(14-18)35-4)22(26(33)27(30)34)24(31)16-7-8-20-17(12-16)11-15(3)36-20/h7-8,12-15,23,31-32H,5-6,9-11H2,1-4H3/b24-22+/t15-,23+/m1/s1. The number of benzene rings is 2. The maximum Gasteiger partial charge on any atom is 0.295 e. The lowest BCUT2D eigenvalue weighted by Crippen LogP contribution is -2.38. The summed E-state index contributed by atoms with van der Waals surface area (Å²) in [6.07, 6.45) is 0.727. The van der Waals surface area contributed by atoms with Gasteiger partial charge >= 0.3 is 0 Å². The molecule has 4 rings (SSSR count). The van der Waals surface area contributed by atoms with Crippen LogP contribution in [0.25, 0.3) is 5.76 Å². The minimum Gasteiger partial charge on any atom is -0.507 e. The van der Waals surface area contributed by atoms with Gasteiger partial charge in [0.15, 0.2) is 11.5 Å². The number of methoxy groups -OCH3 is 1. The van der Waals surface area contributed by atoms with E-state index in [2.05, 4.69) is 20.8 Å². The van der Waals surface area contributed by atoms with E-state index in [0.717, 1.165) is 24.4 Å². The summed E-state index contributed by atoms with van der Waals surface area (Å²) in [5.74, 6) is -0.802. The zero-order valence-electron chi connectivity index (χ0n) is 20.9. The van der Waals surface area contributed by atoms with Crippen molar-refractivity contribution in [3.8, 4) is 17.2 Å². The number of aromatic hydroxyl groups is 1. The molecule has 8 nitrogen and oxygen atoms in total. The van der Waals surface area contributed by atoms with E-state index in [9.17, 15) is 19.8 Å². The number of aliphatic hydroxyl groups is 1. The number of hydrogen-bond donors (Lipinski definition) is 2. The fraction of sp³-hybridized carbons (Fsp3) is 0.407. The number of carbonyl (C=O) groups excluding carboxylic acids is 2. The molecule has 2 aliphatic rings. The molecule has 1 fully saturated rings. The average Bonchev–Trinajstić information content (AvgIpc) is 3.36. The lowest BCUT2D eigenvalue weighted by atomic mass is 9.94. The summed E-state index contributed by atoms with van der Waals surface area (Å²) >= 11 is 3.34. The first-order valence-corrected chi connectivity index (χ1v) is 12.9. The highest BCUT2D eigenvalue weighted by Gasteiger charge is 2.46. The second kappa shape index (κ2) is 10.5. The Bertz CT molecular complexity index is 1220. The summed E-state index contributed by atoms with van der Waals surface area (Å²) in [7, 11) is 1.43. The van der Waals surface area contributed by atoms with Crippen LogP contribution >= 0.6 is 15.9 Å². The Balaban J connectivity index is 1.85. The van der Waals surface area contributed by atoms with Gasteiger partial charge in [-0.25, -0.2) is 0 Å². The minimum absolute atomic E-state index is 0.00565. The second-order valence-electron chi connectivity index (χ2n) is 9.03. The van der Waals surface area contributed by atoms with E-state index in [1.54, 1.807) is 24.3 Å². The molecule has 2 aliphatic heterocycles. The summed E-state index contributed by atoms with van der Waals surface area (Å²) in [6.45, 7) is 8.52. The van der Waals surface area contributed by atoms with E-state index < -0.39 is 17.7 Å². The van der Waals surface area contributed by atoms with Crippen molar-refractivity contribution >= 4 is 33.4 Å². The number of ketones is 1. The SMILES string of the molecule is CCN(CC)CCN1C(=O)C(=O)/C(=C(/O)c2ccc3c(c2)C[C@@H](C)O3)[C@@H]1c1cc(Br)c(O)c(OC)c1. The number of ether oxygens (including phenoxy) is 2. The van der Waals surface area contributed by atoms with Gasteiger partial charge in [0, 0.05) is 25.1 Å². The van der Waals surface area contributed by atoms with E-state index in [4.69, 9.17) is 9.47 Å². The van der Waals surface area contributed by atoms with E-state index in [-0.39, 0.29) is 28.9 Å². The molecule has 1 amide bonds. The van der Waals surface area contributed by atoms with Gasteiger partial charge in [-0.3, -0.25) is 9.59 Å². The van der Waals surface area contributed by atoms with Crippen LogP contribution < -0.4 is 9.47 Å². The predicted molar refractivity (Wildman–Crippen MR) is 139 cm³/mol. The topological polar surface area (TPSA) is 99.5 Å². The minimum atomic E-state index is -0.852. The number of phenolic OH excluding ortho intramolecular Hbond substituents is 1. The second-order valence-corrected chi connectivity index (χ2v) is 9.88. The summed E-state index contributed by atoms with van der Waals surface area (Å²) in [6, 6.07) is 7.66. The van der Waals surface area contributed by atoms with Crippen LogP contribution in [0.5, 0.6) is 17.2 Å². The Morgan fingerprint density at radius 1 is 1.22 bits per heavy atom. The fourth-order valence-electron chi connectivity index (χ4n) is 4.88. The van der Waals surface area contributed by atoms with Gasteiger partial charge in [-0.1, -0.05) is 13.8 Å². The number of likely N-dealkylation sites (N-methyl/N-ethyl adjacent to an activating group) is 1. The average molecular weight is 559 g/mol. The van der Waals surface area contributed by atoms with Crippen LogP contribution in [-0.4, -0.2) is 71.1 Å². The van der Waals surface area contributed by atoms with Crippen molar-refractivity contribution in [2.45, 2.75) is 39.3 Å². The zero-order chi connectivity index (χ0) is 26.1. The van der Waals surface area contributed by atoms with E-state index in [1.165, 1.54) is 12.0 Å². The van der Waals surface area contributed by atoms with Crippen molar-refractivity contribution in [1.29, 1.82) is 0 Å². The smallest absolute Gasteiger partial charge is 0.295 e. The van der Waals surface area contributed by atoms with Crippen molar-refractivity contribution in [2.24, 2.45) is 0 Å². The van der Waals surface area contributed by atoms with Crippen molar-refractivity contribution in [2.75, 3.05) is 33.3 Å². The molecule has 2 N–H and O–H groups in total. The van der Waals surface area contributed by atoms with E-state index >= 15 is 0 Å². The molecule has 0 saturated carbocycles. The third kappa shape index (κ3) is 4.69. The molecule has 2 atom stereocenters. The van der Waals surface area contributed by atoms with Gasteiger partial charge < -0.3 is 29.5 Å². The van der Waals surface area contributed by atoms with Gasteiger partial charge in [-0.2, -0.15) is 0 Å². The highest BCUT2D eigenvalue weighted by molar-refractivity contribution is 9.10. The molecule has 2 heterocycles. The Hall–Kier alpha value is -3.04. The van der Waals surface area contributed by atoms with Gasteiger partial charge in [0.1, 0.15) is 17.6 Å². The molecule has 9 heteroatoms. The first-order valence-electron chi connectivity index (χ1n) is 12.1. The molecule has 2 aromatic carbocycles. The molecule has 0 spiro atoms. The van der Waals surface area contributed by atoms with Crippen LogP contribution in [0.3, 0.4) is 0 Å². The molecular weight excluding hydrogens is 528 g/mol. The number of rotatable bonds is 8. The molecule has 0 radical (unpaired) electrons. The number of phenols is 1. The van der Waals surface area contributed by atoms with Crippen LogP contribution in [0.1, 0.15) is 43.5 Å². The molecular formula is C27H31BrN2O6. The quantitative estimate of drug-likeness (QED) is 0.284. The first-order chi connectivity index (χ1) is 17.2. The molecule has 0 aromatic heterocycles. The van der Waals surface area contributed by atoms with Crippen LogP contribution in [0, 0.1) is 0 Å². The van der Waals surface area contributed by atoms with Crippen LogP contribution in [0.2, 0.25) is 0 Å². The zero-order valence-corrected chi connectivity index (χ0v) is 22.5. The largest absolute Gasteiger partial charge is 0.507 e. The maximum absolute atomic E-state index is 13.4. The normalized spacial score (nSPS) is 20.7. The van der Waals surface area contributed by atoms with Crippen molar-refractivity contribution in [3.63, 3.8) is 0 Å². The maximum atomic E-state index is 13.4. The van der Waals surface area contributed by atoms with Gasteiger partial charge in [-0.15, -0.1) is 0 Å². The van der Waals surface area contributed by atoms with Gasteiger partial charge in [0.2, 0.25) is 0 Å². The van der Waals surface area contributed by atoms with Crippen molar-refractivity contribution in [1.82, 2.24) is 9.80 Å². The van der Waals surface area contributed by atoms with E-state index in [1.807, 2.05) is 26.8 Å². The first kappa shape index (κ1) is 26.0. The molecule has 2 aromatic rings. The van der Waals surface area contributed by atoms with Crippen molar-refractivity contribution in [3.05, 3.63) is 57.1 Å². The molecule has 1 saturated heterocycles. The summed E-state index contributed by atoms with van der Waals surface area (Å²) in [5, 5.41) is 21.8. The van der Waals surface area contributed by atoms with Crippen molar-refractivity contribution < 1.29 is 29.3 Å². The Morgan fingerprint density at radius 2 is 1.94 bits per heavy atom. The summed E-state index contributed by atoms with van der Waals surface area (Å²) < 4.78 is 11.4. The number of likely N-dealkylation sites (tertiary alicyclic amines) is 1. The number of halogens is 1. The summed E-state index contributed by atoms with van der Waals surface area (Å²) in [4.78, 5) is 30.3. The Morgan fingerprint density at radius 3 is 2.61 bits per heavy atom. The fourth-order valence-corrected chi connectivity index (χ4v) is 5.34. The Kier molecular flexibility index (Phi) is 7.61. The number of carbonyl (C=O) groups is 2. The lowest BCUT2D eigenvalue weighted by molar-refractivity contribution is -0.140. The molecule has 0 unspecified atom stereocenters. The molecule has 192 valence electrons. The number of fused-ring (bicyclic) bond motifs is 1. The number of amides is 1.